The average molecular weight is 331 g/mol. The van der Waals surface area contributed by atoms with Crippen LogP contribution in [0, 0.1) is 5.92 Å². The van der Waals surface area contributed by atoms with Gasteiger partial charge in [0.05, 0.1) is 10.8 Å². The Bertz CT molecular complexity index is 694. The topological polar surface area (TPSA) is 52.7 Å². The highest BCUT2D eigenvalue weighted by molar-refractivity contribution is 7.20. The number of amides is 2. The summed E-state index contributed by atoms with van der Waals surface area (Å²) in [4.78, 5) is 29.6. The molecule has 2 heterocycles. The van der Waals surface area contributed by atoms with Crippen molar-refractivity contribution in [3.05, 3.63) is 35.2 Å². The quantitative estimate of drug-likeness (QED) is 0.910. The first kappa shape index (κ1) is 16.0. The minimum atomic E-state index is -0.189. The molecule has 0 bridgehead atoms. The van der Waals surface area contributed by atoms with Crippen LogP contribution < -0.4 is 5.32 Å². The standard InChI is InChI=1S/C17H21N3O2S/c1-18-16(21)13-10-19(2)7-8-20(11-13)17(22)15-9-12-5-3-4-6-14(12)23-15/h3-6,9,13H,7-8,10-11H2,1-2H3,(H,18,21). The Morgan fingerprint density at radius 3 is 2.74 bits per heavy atom. The highest BCUT2D eigenvalue weighted by Crippen LogP contribution is 2.26. The summed E-state index contributed by atoms with van der Waals surface area (Å²) in [5.74, 6) is -0.172. The van der Waals surface area contributed by atoms with E-state index in [1.165, 1.54) is 11.3 Å². The molecular weight excluding hydrogens is 310 g/mol. The van der Waals surface area contributed by atoms with E-state index in [1.54, 1.807) is 7.05 Å². The second-order valence-corrected chi connectivity index (χ2v) is 7.06. The third-order valence-electron chi connectivity index (χ3n) is 4.27. The van der Waals surface area contributed by atoms with Crippen molar-refractivity contribution in [3.63, 3.8) is 0 Å². The second-order valence-electron chi connectivity index (χ2n) is 5.97. The van der Waals surface area contributed by atoms with Crippen LogP contribution in [0.25, 0.3) is 10.1 Å². The summed E-state index contributed by atoms with van der Waals surface area (Å²) in [6.45, 7) is 2.58. The van der Waals surface area contributed by atoms with Gasteiger partial charge in [-0.15, -0.1) is 11.3 Å². The van der Waals surface area contributed by atoms with Crippen molar-refractivity contribution in [2.24, 2.45) is 5.92 Å². The fourth-order valence-corrected chi connectivity index (χ4v) is 4.00. The Balaban J connectivity index is 1.83. The maximum Gasteiger partial charge on any atom is 0.264 e. The lowest BCUT2D eigenvalue weighted by Gasteiger charge is -2.22. The summed E-state index contributed by atoms with van der Waals surface area (Å²) in [5, 5.41) is 3.80. The van der Waals surface area contributed by atoms with Crippen LogP contribution in [0.3, 0.4) is 0 Å². The van der Waals surface area contributed by atoms with Gasteiger partial charge >= 0.3 is 0 Å². The molecule has 1 aliphatic heterocycles. The number of carbonyl (C=O) groups excluding carboxylic acids is 2. The molecule has 2 aromatic rings. The number of carbonyl (C=O) groups is 2. The molecule has 1 atom stereocenters. The Hall–Kier alpha value is -1.92. The molecule has 6 heteroatoms. The first-order chi connectivity index (χ1) is 11.1. The van der Waals surface area contributed by atoms with Crippen molar-refractivity contribution < 1.29 is 9.59 Å². The normalized spacial score (nSPS) is 19.6. The smallest absolute Gasteiger partial charge is 0.264 e. The molecule has 3 rings (SSSR count). The van der Waals surface area contributed by atoms with E-state index in [1.807, 2.05) is 42.3 Å². The third-order valence-corrected chi connectivity index (χ3v) is 5.37. The minimum Gasteiger partial charge on any atom is -0.359 e. The number of nitrogens with one attached hydrogen (secondary N) is 1. The zero-order chi connectivity index (χ0) is 16.4. The van der Waals surface area contributed by atoms with Gasteiger partial charge in [0.25, 0.3) is 5.91 Å². The molecule has 122 valence electrons. The van der Waals surface area contributed by atoms with Gasteiger partial charge in [-0.25, -0.2) is 0 Å². The fraction of sp³-hybridized carbons (Fsp3) is 0.412. The van der Waals surface area contributed by atoms with Crippen LogP contribution >= 0.6 is 11.3 Å². The first-order valence-electron chi connectivity index (χ1n) is 7.76. The van der Waals surface area contributed by atoms with E-state index in [0.29, 0.717) is 19.6 Å². The Morgan fingerprint density at radius 1 is 1.22 bits per heavy atom. The number of likely N-dealkylation sites (N-methyl/N-ethyl adjacent to an activating group) is 1. The van der Waals surface area contributed by atoms with Crippen molar-refractivity contribution >= 4 is 33.2 Å². The van der Waals surface area contributed by atoms with Crippen molar-refractivity contribution in [2.45, 2.75) is 0 Å². The number of hydrogen-bond acceptors (Lipinski definition) is 4. The lowest BCUT2D eigenvalue weighted by atomic mass is 10.1. The lowest BCUT2D eigenvalue weighted by molar-refractivity contribution is -0.125. The van der Waals surface area contributed by atoms with Gasteiger partial charge in [-0.1, -0.05) is 18.2 Å². The maximum atomic E-state index is 12.9. The summed E-state index contributed by atoms with van der Waals surface area (Å²) in [6, 6.07) is 9.96. The zero-order valence-electron chi connectivity index (χ0n) is 13.4. The number of rotatable bonds is 2. The molecule has 1 aliphatic rings. The molecule has 1 saturated heterocycles. The molecule has 5 nitrogen and oxygen atoms in total. The number of hydrogen-bond donors (Lipinski definition) is 1. The SMILES string of the molecule is CNC(=O)C1CN(C)CCN(C(=O)c2cc3ccccc3s2)C1. The minimum absolute atomic E-state index is 0.00658. The van der Waals surface area contributed by atoms with Crippen LogP contribution in [-0.2, 0) is 4.79 Å². The summed E-state index contributed by atoms with van der Waals surface area (Å²) in [7, 11) is 3.63. The molecule has 0 spiro atoms. The molecule has 1 aromatic heterocycles. The highest BCUT2D eigenvalue weighted by atomic mass is 32.1. The summed E-state index contributed by atoms with van der Waals surface area (Å²) in [5.41, 5.74) is 0. The number of fused-ring (bicyclic) bond motifs is 1. The van der Waals surface area contributed by atoms with E-state index in [0.717, 1.165) is 21.5 Å². The summed E-state index contributed by atoms with van der Waals surface area (Å²) < 4.78 is 1.12. The van der Waals surface area contributed by atoms with Gasteiger partial charge in [0.15, 0.2) is 0 Å². The van der Waals surface area contributed by atoms with Crippen molar-refractivity contribution in [1.82, 2.24) is 15.1 Å². The molecule has 0 radical (unpaired) electrons. The van der Waals surface area contributed by atoms with Gasteiger partial charge in [0.1, 0.15) is 0 Å². The molecule has 0 aliphatic carbocycles. The van der Waals surface area contributed by atoms with Crippen LogP contribution in [0.15, 0.2) is 30.3 Å². The van der Waals surface area contributed by atoms with Crippen molar-refractivity contribution in [1.29, 1.82) is 0 Å². The molecule has 1 aromatic carbocycles. The molecule has 1 N–H and O–H groups in total. The molecule has 23 heavy (non-hydrogen) atoms. The van der Waals surface area contributed by atoms with Gasteiger partial charge in [0.2, 0.25) is 5.91 Å². The monoisotopic (exact) mass is 331 g/mol. The largest absolute Gasteiger partial charge is 0.359 e. The first-order valence-corrected chi connectivity index (χ1v) is 8.58. The van der Waals surface area contributed by atoms with Gasteiger partial charge in [0, 0.05) is 37.9 Å². The number of nitrogens with zero attached hydrogens (tertiary/aromatic N) is 2. The van der Waals surface area contributed by atoms with Crippen LogP contribution in [0.5, 0.6) is 0 Å². The second kappa shape index (κ2) is 6.68. The summed E-state index contributed by atoms with van der Waals surface area (Å²) >= 11 is 1.52. The fourth-order valence-electron chi connectivity index (χ4n) is 2.97. The van der Waals surface area contributed by atoms with E-state index >= 15 is 0 Å². The van der Waals surface area contributed by atoms with E-state index in [-0.39, 0.29) is 17.7 Å². The van der Waals surface area contributed by atoms with Crippen LogP contribution in [-0.4, -0.2) is 61.9 Å². The van der Waals surface area contributed by atoms with Gasteiger partial charge in [-0.05, 0) is 24.6 Å². The molecule has 2 amide bonds. The van der Waals surface area contributed by atoms with Crippen molar-refractivity contribution in [2.75, 3.05) is 40.3 Å². The maximum absolute atomic E-state index is 12.9. The molecule has 1 unspecified atom stereocenters. The van der Waals surface area contributed by atoms with Crippen LogP contribution in [0.4, 0.5) is 0 Å². The molecular formula is C17H21N3O2S. The van der Waals surface area contributed by atoms with Gasteiger partial charge in [-0.2, -0.15) is 0 Å². The lowest BCUT2D eigenvalue weighted by Crippen LogP contribution is -2.41. The number of thiophene rings is 1. The average Bonchev–Trinajstić information content (AvgIpc) is 2.90. The van der Waals surface area contributed by atoms with Crippen LogP contribution in [0.1, 0.15) is 9.67 Å². The predicted molar refractivity (Wildman–Crippen MR) is 92.8 cm³/mol. The zero-order valence-corrected chi connectivity index (χ0v) is 14.2. The van der Waals surface area contributed by atoms with E-state index in [9.17, 15) is 9.59 Å². The third kappa shape index (κ3) is 3.38. The van der Waals surface area contributed by atoms with E-state index < -0.39 is 0 Å². The molecule has 0 saturated carbocycles. The van der Waals surface area contributed by atoms with Gasteiger partial charge < -0.3 is 15.1 Å². The highest BCUT2D eigenvalue weighted by Gasteiger charge is 2.29. The molecule has 1 fully saturated rings. The Labute approximate surface area is 139 Å². The Morgan fingerprint density at radius 2 is 2.00 bits per heavy atom. The van der Waals surface area contributed by atoms with Crippen molar-refractivity contribution in [3.8, 4) is 0 Å². The van der Waals surface area contributed by atoms with Gasteiger partial charge in [-0.3, -0.25) is 9.59 Å². The summed E-state index contributed by atoms with van der Waals surface area (Å²) in [6.07, 6.45) is 0. The van der Waals surface area contributed by atoms with E-state index in [2.05, 4.69) is 10.2 Å². The van der Waals surface area contributed by atoms with Crippen LogP contribution in [0.2, 0.25) is 0 Å². The Kier molecular flexibility index (Phi) is 4.63. The predicted octanol–water partition coefficient (Wildman–Crippen LogP) is 1.65. The van der Waals surface area contributed by atoms with E-state index in [4.69, 9.17) is 0 Å². The number of benzene rings is 1.